The maximum Gasteiger partial charge on any atom is 0.126 e. The molecule has 0 aliphatic carbocycles. The van der Waals surface area contributed by atoms with E-state index < -0.39 is 0 Å². The summed E-state index contributed by atoms with van der Waals surface area (Å²) in [6, 6.07) is 8.53. The lowest BCUT2D eigenvalue weighted by atomic mass is 9.94. The number of para-hydroxylation sites is 1. The molecule has 1 atom stereocenters. The zero-order valence-electron chi connectivity index (χ0n) is 16.2. The molecule has 0 saturated carbocycles. The lowest BCUT2D eigenvalue weighted by molar-refractivity contribution is 0.0420. The van der Waals surface area contributed by atoms with Gasteiger partial charge in [-0.15, -0.1) is 0 Å². The predicted octanol–water partition coefficient (Wildman–Crippen LogP) is 3.12. The van der Waals surface area contributed by atoms with Crippen molar-refractivity contribution in [2.45, 2.75) is 33.2 Å². The Kier molecular flexibility index (Phi) is 7.48. The molecule has 1 aromatic rings. The third-order valence-electron chi connectivity index (χ3n) is 4.63. The van der Waals surface area contributed by atoms with Crippen molar-refractivity contribution in [3.05, 3.63) is 35.9 Å². The summed E-state index contributed by atoms with van der Waals surface area (Å²) in [5.74, 6) is 0.909. The van der Waals surface area contributed by atoms with Crippen LogP contribution in [0, 0.1) is 5.41 Å². The van der Waals surface area contributed by atoms with Crippen LogP contribution in [0.25, 0.3) is 6.08 Å². The van der Waals surface area contributed by atoms with Gasteiger partial charge in [0.2, 0.25) is 0 Å². The van der Waals surface area contributed by atoms with E-state index in [1.807, 2.05) is 18.2 Å². The van der Waals surface area contributed by atoms with Gasteiger partial charge in [0.05, 0.1) is 7.11 Å². The maximum atomic E-state index is 9.43. The van der Waals surface area contributed by atoms with Gasteiger partial charge in [0, 0.05) is 50.9 Å². The molecule has 1 N–H and O–H groups in total. The molecule has 1 aliphatic heterocycles. The minimum atomic E-state index is 0.260. The molecule has 0 bridgehead atoms. The standard InChI is InChI=1S/C21H34N2O2/c1-21(2,3)17-23-14-13-22(16-19(23)11-15-24)12-7-9-18-8-5-6-10-20(18)25-4/h5-10,19,24H,11-17H2,1-4H3/b9-7+. The zero-order valence-corrected chi connectivity index (χ0v) is 16.2. The molecule has 1 aromatic carbocycles. The van der Waals surface area contributed by atoms with Crippen molar-refractivity contribution in [1.82, 2.24) is 9.80 Å². The fourth-order valence-corrected chi connectivity index (χ4v) is 3.50. The predicted molar refractivity (Wildman–Crippen MR) is 105 cm³/mol. The van der Waals surface area contributed by atoms with E-state index in [1.165, 1.54) is 0 Å². The van der Waals surface area contributed by atoms with Crippen LogP contribution in [0.15, 0.2) is 30.3 Å². The molecule has 2 rings (SSSR count). The molecular weight excluding hydrogens is 312 g/mol. The average Bonchev–Trinajstić information content (AvgIpc) is 2.56. The summed E-state index contributed by atoms with van der Waals surface area (Å²) < 4.78 is 5.40. The Labute approximate surface area is 153 Å². The summed E-state index contributed by atoms with van der Waals surface area (Å²) in [5, 5.41) is 9.43. The highest BCUT2D eigenvalue weighted by atomic mass is 16.5. The number of hydrogen-bond donors (Lipinski definition) is 1. The Morgan fingerprint density at radius 1 is 1.24 bits per heavy atom. The van der Waals surface area contributed by atoms with E-state index in [0.29, 0.717) is 11.5 Å². The van der Waals surface area contributed by atoms with E-state index in [4.69, 9.17) is 4.74 Å². The van der Waals surface area contributed by atoms with Gasteiger partial charge < -0.3 is 9.84 Å². The van der Waals surface area contributed by atoms with E-state index in [2.05, 4.69) is 48.8 Å². The molecule has 0 radical (unpaired) electrons. The van der Waals surface area contributed by atoms with Gasteiger partial charge in [-0.25, -0.2) is 0 Å². The van der Waals surface area contributed by atoms with E-state index in [9.17, 15) is 5.11 Å². The van der Waals surface area contributed by atoms with Crippen LogP contribution in [-0.4, -0.2) is 67.4 Å². The quantitative estimate of drug-likeness (QED) is 0.823. The van der Waals surface area contributed by atoms with Crippen LogP contribution in [0.1, 0.15) is 32.8 Å². The first-order valence-electron chi connectivity index (χ1n) is 9.30. The Hall–Kier alpha value is -1.36. The van der Waals surface area contributed by atoms with Gasteiger partial charge in [-0.1, -0.05) is 51.1 Å². The number of piperazine rings is 1. The van der Waals surface area contributed by atoms with E-state index in [0.717, 1.165) is 50.5 Å². The molecule has 140 valence electrons. The molecule has 4 heteroatoms. The molecule has 4 nitrogen and oxygen atoms in total. The molecule has 1 heterocycles. The molecule has 0 aromatic heterocycles. The fourth-order valence-electron chi connectivity index (χ4n) is 3.50. The Morgan fingerprint density at radius 2 is 2.00 bits per heavy atom. The Bertz CT molecular complexity index is 551. The van der Waals surface area contributed by atoms with E-state index in [-0.39, 0.29) is 6.61 Å². The molecule has 1 unspecified atom stereocenters. The highest BCUT2D eigenvalue weighted by Gasteiger charge is 2.28. The summed E-state index contributed by atoms with van der Waals surface area (Å²) in [6.07, 6.45) is 5.21. The van der Waals surface area contributed by atoms with E-state index >= 15 is 0 Å². The smallest absolute Gasteiger partial charge is 0.126 e. The molecule has 0 amide bonds. The van der Waals surface area contributed by atoms with Crippen LogP contribution in [0.5, 0.6) is 5.75 Å². The van der Waals surface area contributed by atoms with Crippen LogP contribution in [0.2, 0.25) is 0 Å². The summed E-state index contributed by atoms with van der Waals surface area (Å²) >= 11 is 0. The van der Waals surface area contributed by atoms with Crippen molar-refractivity contribution in [3.8, 4) is 5.75 Å². The molecule has 1 fully saturated rings. The number of hydrogen-bond acceptors (Lipinski definition) is 4. The monoisotopic (exact) mass is 346 g/mol. The number of aliphatic hydroxyl groups is 1. The molecule has 1 saturated heterocycles. The van der Waals surface area contributed by atoms with Gasteiger partial charge in [0.15, 0.2) is 0 Å². The van der Waals surface area contributed by atoms with Gasteiger partial charge in [-0.05, 0) is 17.9 Å². The molecule has 0 spiro atoms. The summed E-state index contributed by atoms with van der Waals surface area (Å²) in [7, 11) is 1.71. The van der Waals surface area contributed by atoms with Gasteiger partial charge in [-0.3, -0.25) is 9.80 Å². The summed E-state index contributed by atoms with van der Waals surface area (Å²) in [4.78, 5) is 5.03. The second kappa shape index (κ2) is 9.37. The second-order valence-corrected chi connectivity index (χ2v) is 8.10. The third-order valence-corrected chi connectivity index (χ3v) is 4.63. The molecule has 1 aliphatic rings. The van der Waals surface area contributed by atoms with Crippen molar-refractivity contribution >= 4 is 6.08 Å². The largest absolute Gasteiger partial charge is 0.496 e. The first-order valence-corrected chi connectivity index (χ1v) is 9.30. The normalized spacial score (nSPS) is 20.3. The Morgan fingerprint density at radius 3 is 2.68 bits per heavy atom. The van der Waals surface area contributed by atoms with Crippen molar-refractivity contribution in [2.75, 3.05) is 46.4 Å². The van der Waals surface area contributed by atoms with Gasteiger partial charge in [0.25, 0.3) is 0 Å². The second-order valence-electron chi connectivity index (χ2n) is 8.10. The van der Waals surface area contributed by atoms with Crippen LogP contribution in [-0.2, 0) is 0 Å². The van der Waals surface area contributed by atoms with Crippen LogP contribution in [0.3, 0.4) is 0 Å². The van der Waals surface area contributed by atoms with Gasteiger partial charge >= 0.3 is 0 Å². The highest BCUT2D eigenvalue weighted by Crippen LogP contribution is 2.22. The fraction of sp³-hybridized carbons (Fsp3) is 0.619. The minimum Gasteiger partial charge on any atom is -0.496 e. The van der Waals surface area contributed by atoms with Crippen molar-refractivity contribution in [2.24, 2.45) is 5.41 Å². The molecule has 25 heavy (non-hydrogen) atoms. The van der Waals surface area contributed by atoms with Crippen molar-refractivity contribution in [1.29, 1.82) is 0 Å². The first kappa shape index (κ1) is 20.0. The Balaban J connectivity index is 1.92. The van der Waals surface area contributed by atoms with Crippen LogP contribution < -0.4 is 4.74 Å². The first-order chi connectivity index (χ1) is 11.9. The van der Waals surface area contributed by atoms with Crippen molar-refractivity contribution < 1.29 is 9.84 Å². The number of methoxy groups -OCH3 is 1. The summed E-state index contributed by atoms with van der Waals surface area (Å²) in [5.41, 5.74) is 1.41. The average molecular weight is 347 g/mol. The number of ether oxygens (including phenoxy) is 1. The zero-order chi connectivity index (χ0) is 18.3. The van der Waals surface area contributed by atoms with E-state index in [1.54, 1.807) is 7.11 Å². The molecular formula is C21H34N2O2. The van der Waals surface area contributed by atoms with Crippen LogP contribution >= 0.6 is 0 Å². The minimum absolute atomic E-state index is 0.260. The van der Waals surface area contributed by atoms with Crippen molar-refractivity contribution in [3.63, 3.8) is 0 Å². The SMILES string of the molecule is COc1ccccc1/C=C/CN1CCN(CC(C)(C)C)C(CCO)C1. The lowest BCUT2D eigenvalue weighted by Crippen LogP contribution is -2.55. The third kappa shape index (κ3) is 6.46. The number of nitrogens with zero attached hydrogens (tertiary/aromatic N) is 2. The number of rotatable bonds is 7. The van der Waals surface area contributed by atoms with Crippen LogP contribution in [0.4, 0.5) is 0 Å². The lowest BCUT2D eigenvalue weighted by Gasteiger charge is -2.43. The maximum absolute atomic E-state index is 9.43. The summed E-state index contributed by atoms with van der Waals surface area (Å²) in [6.45, 7) is 12.3. The number of aliphatic hydroxyl groups excluding tert-OH is 1. The van der Waals surface area contributed by atoms with Gasteiger partial charge in [-0.2, -0.15) is 0 Å². The number of benzene rings is 1. The topological polar surface area (TPSA) is 35.9 Å². The highest BCUT2D eigenvalue weighted by molar-refractivity contribution is 5.57. The van der Waals surface area contributed by atoms with Gasteiger partial charge in [0.1, 0.15) is 5.75 Å².